The van der Waals surface area contributed by atoms with Crippen molar-refractivity contribution in [2.24, 2.45) is 0 Å². The van der Waals surface area contributed by atoms with Crippen LogP contribution in [0.1, 0.15) is 57.2 Å². The van der Waals surface area contributed by atoms with Gasteiger partial charge in [-0.25, -0.2) is 0 Å². The summed E-state index contributed by atoms with van der Waals surface area (Å²) >= 11 is 0. The number of hydrogen-bond acceptors (Lipinski definition) is 2. The van der Waals surface area contributed by atoms with Crippen LogP contribution in [0.25, 0.3) is 54.6 Å². The zero-order valence-corrected chi connectivity index (χ0v) is 35.2. The Morgan fingerprint density at radius 1 is 0.500 bits per heavy atom. The highest BCUT2D eigenvalue weighted by Crippen LogP contribution is 2.51. The minimum Gasteiger partial charge on any atom is -0.355 e. The van der Waals surface area contributed by atoms with Crippen LogP contribution in [0.5, 0.6) is 0 Å². The van der Waals surface area contributed by atoms with Gasteiger partial charge in [-0.05, 0) is 127 Å². The second-order valence-electron chi connectivity index (χ2n) is 18.5. The molecule has 9 aromatic carbocycles. The van der Waals surface area contributed by atoms with E-state index in [1.807, 2.05) is 0 Å². The fourth-order valence-corrected chi connectivity index (χ4v) is 10.4. The van der Waals surface area contributed by atoms with Gasteiger partial charge < -0.3 is 10.2 Å². The molecule has 0 fully saturated rings. The van der Waals surface area contributed by atoms with Crippen molar-refractivity contribution in [3.8, 4) is 22.3 Å². The molecule has 0 saturated heterocycles. The SMILES string of the molecule is Cc1cc2c(cc1N1c3cc4ccccc4cc3Bc3c1cc1ccccc1c3-c1ccc3ccccc3c1Nc1ccc(-c3ccccc3)cc1)C(C)(C)CCC2(C)C. The monoisotopic (exact) mass is 772 g/mol. The lowest BCUT2D eigenvalue weighted by atomic mass is 9.57. The second-order valence-corrected chi connectivity index (χ2v) is 18.5. The van der Waals surface area contributed by atoms with Gasteiger partial charge in [0.2, 0.25) is 0 Å². The van der Waals surface area contributed by atoms with Gasteiger partial charge in [-0.3, -0.25) is 0 Å². The molecule has 1 aliphatic carbocycles. The molecule has 1 aliphatic heterocycles. The smallest absolute Gasteiger partial charge is 0.198 e. The quantitative estimate of drug-likeness (QED) is 0.175. The average Bonchev–Trinajstić information content (AvgIpc) is 3.27. The molecule has 0 aromatic heterocycles. The van der Waals surface area contributed by atoms with E-state index in [-0.39, 0.29) is 10.8 Å². The molecule has 2 nitrogen and oxygen atoms in total. The van der Waals surface area contributed by atoms with Crippen molar-refractivity contribution in [3.63, 3.8) is 0 Å². The highest BCUT2D eigenvalue weighted by atomic mass is 15.2. The molecule has 2 aliphatic rings. The van der Waals surface area contributed by atoms with Crippen molar-refractivity contribution in [2.75, 3.05) is 10.2 Å². The topological polar surface area (TPSA) is 15.3 Å². The molecule has 0 atom stereocenters. The van der Waals surface area contributed by atoms with Crippen molar-refractivity contribution in [1.82, 2.24) is 0 Å². The van der Waals surface area contributed by atoms with E-state index in [0.717, 1.165) is 18.7 Å². The molecule has 290 valence electrons. The van der Waals surface area contributed by atoms with Gasteiger partial charge in [-0.2, -0.15) is 0 Å². The lowest BCUT2D eigenvalue weighted by Crippen LogP contribution is -2.41. The normalized spacial score (nSPS) is 15.0. The summed E-state index contributed by atoms with van der Waals surface area (Å²) in [5.74, 6) is 0. The molecule has 0 radical (unpaired) electrons. The van der Waals surface area contributed by atoms with Gasteiger partial charge in [0, 0.05) is 33.7 Å². The predicted molar refractivity (Wildman–Crippen MR) is 261 cm³/mol. The first kappa shape index (κ1) is 36.5. The predicted octanol–water partition coefficient (Wildman–Crippen LogP) is 14.1. The Labute approximate surface area is 354 Å². The molecule has 9 aromatic rings. The fraction of sp³-hybridized carbons (Fsp3) is 0.158. The highest BCUT2D eigenvalue weighted by molar-refractivity contribution is 6.74. The van der Waals surface area contributed by atoms with Crippen LogP contribution in [0.15, 0.2) is 170 Å². The molecular formula is C57H49BN2. The number of nitrogens with one attached hydrogen (secondary N) is 1. The van der Waals surface area contributed by atoms with E-state index in [2.05, 4.69) is 215 Å². The lowest BCUT2D eigenvalue weighted by molar-refractivity contribution is 0.332. The third-order valence-corrected chi connectivity index (χ3v) is 13.8. The summed E-state index contributed by atoms with van der Waals surface area (Å²) < 4.78 is 0. The van der Waals surface area contributed by atoms with Crippen molar-refractivity contribution in [1.29, 1.82) is 0 Å². The molecule has 3 heteroatoms. The third kappa shape index (κ3) is 5.94. The Kier molecular flexibility index (Phi) is 8.36. The Balaban J connectivity index is 1.18. The van der Waals surface area contributed by atoms with E-state index >= 15 is 0 Å². The van der Waals surface area contributed by atoms with Gasteiger partial charge in [0.1, 0.15) is 0 Å². The van der Waals surface area contributed by atoms with Crippen LogP contribution in [0.2, 0.25) is 0 Å². The van der Waals surface area contributed by atoms with E-state index in [4.69, 9.17) is 0 Å². The minimum absolute atomic E-state index is 0.0810. The third-order valence-electron chi connectivity index (χ3n) is 13.8. The summed E-state index contributed by atoms with van der Waals surface area (Å²) in [5, 5.41) is 11.5. The van der Waals surface area contributed by atoms with Crippen molar-refractivity contribution >= 4 is 79.0 Å². The van der Waals surface area contributed by atoms with Crippen LogP contribution in [0, 0.1) is 6.92 Å². The second kappa shape index (κ2) is 13.7. The van der Waals surface area contributed by atoms with E-state index in [1.54, 1.807) is 0 Å². The van der Waals surface area contributed by atoms with Crippen molar-refractivity contribution in [2.45, 2.75) is 58.3 Å². The summed E-state index contributed by atoms with van der Waals surface area (Å²) in [6, 6.07) is 63.3. The summed E-state index contributed by atoms with van der Waals surface area (Å²) in [6.07, 6.45) is 2.37. The number of aryl methyl sites for hydroxylation is 1. The summed E-state index contributed by atoms with van der Waals surface area (Å²) in [7, 11) is 0.826. The Bertz CT molecular complexity index is 3160. The van der Waals surface area contributed by atoms with E-state index in [1.165, 1.54) is 112 Å². The number of fused-ring (bicyclic) bond motifs is 6. The van der Waals surface area contributed by atoms with Gasteiger partial charge >= 0.3 is 0 Å². The molecule has 0 spiro atoms. The molecule has 0 bridgehead atoms. The molecule has 1 heterocycles. The van der Waals surface area contributed by atoms with Gasteiger partial charge in [0.05, 0.1) is 5.69 Å². The molecular weight excluding hydrogens is 723 g/mol. The Morgan fingerprint density at radius 3 is 1.82 bits per heavy atom. The Hall–Kier alpha value is -6.58. The molecule has 0 unspecified atom stereocenters. The maximum Gasteiger partial charge on any atom is 0.198 e. The van der Waals surface area contributed by atoms with Gasteiger partial charge in [0.25, 0.3) is 0 Å². The Morgan fingerprint density at radius 2 is 1.08 bits per heavy atom. The lowest BCUT2D eigenvalue weighted by Gasteiger charge is -2.44. The number of hydrogen-bond donors (Lipinski definition) is 1. The number of nitrogens with zero attached hydrogens (tertiary/aromatic N) is 1. The molecule has 11 rings (SSSR count). The number of anilines is 5. The first-order chi connectivity index (χ1) is 29.1. The van der Waals surface area contributed by atoms with Gasteiger partial charge in [0.15, 0.2) is 7.28 Å². The summed E-state index contributed by atoms with van der Waals surface area (Å²) in [5.41, 5.74) is 18.1. The number of rotatable bonds is 5. The van der Waals surface area contributed by atoms with Crippen LogP contribution in [0.3, 0.4) is 0 Å². The van der Waals surface area contributed by atoms with E-state index in [9.17, 15) is 0 Å². The minimum atomic E-state index is 0.0810. The summed E-state index contributed by atoms with van der Waals surface area (Å²) in [4.78, 5) is 2.63. The number of benzene rings is 9. The zero-order valence-electron chi connectivity index (χ0n) is 35.2. The first-order valence-electron chi connectivity index (χ1n) is 21.6. The summed E-state index contributed by atoms with van der Waals surface area (Å²) in [6.45, 7) is 12.1. The van der Waals surface area contributed by atoms with Crippen LogP contribution in [-0.4, -0.2) is 7.28 Å². The zero-order chi connectivity index (χ0) is 40.8. The first-order valence-corrected chi connectivity index (χ1v) is 21.6. The van der Waals surface area contributed by atoms with Gasteiger partial charge in [-0.15, -0.1) is 0 Å². The van der Waals surface area contributed by atoms with Crippen molar-refractivity contribution in [3.05, 3.63) is 187 Å². The van der Waals surface area contributed by atoms with E-state index < -0.39 is 0 Å². The molecule has 60 heavy (non-hydrogen) atoms. The highest BCUT2D eigenvalue weighted by Gasteiger charge is 2.39. The maximum absolute atomic E-state index is 4.00. The van der Waals surface area contributed by atoms with Crippen molar-refractivity contribution < 1.29 is 0 Å². The van der Waals surface area contributed by atoms with E-state index in [0.29, 0.717) is 0 Å². The van der Waals surface area contributed by atoms with Crippen LogP contribution in [-0.2, 0) is 10.8 Å². The average molecular weight is 773 g/mol. The maximum atomic E-state index is 4.00. The van der Waals surface area contributed by atoms with Crippen LogP contribution >= 0.6 is 0 Å². The standard InChI is InChI=1S/C57H49BN2/c1-36-31-47-48(57(4,5)30-29-56(47,2)3)35-50(36)60-51-33-41-19-10-9-18-40(41)32-49(51)58-54-52(60)34-42-20-12-13-21-44(42)53(54)46-28-25-39-17-11-14-22-45(39)55(46)59-43-26-23-38(24-27-43)37-15-7-6-8-16-37/h6-28,31-35,58-59H,29-30H2,1-5H3. The fourth-order valence-electron chi connectivity index (χ4n) is 10.4. The van der Waals surface area contributed by atoms with Gasteiger partial charge in [-0.1, -0.05) is 173 Å². The van der Waals surface area contributed by atoms with Crippen LogP contribution in [0.4, 0.5) is 28.4 Å². The molecule has 0 amide bonds. The largest absolute Gasteiger partial charge is 0.355 e. The molecule has 1 N–H and O–H groups in total. The van der Waals surface area contributed by atoms with Crippen LogP contribution < -0.4 is 21.1 Å². The molecule has 0 saturated carbocycles.